The van der Waals surface area contributed by atoms with Crippen LogP contribution in [-0.4, -0.2) is 36.1 Å². The van der Waals surface area contributed by atoms with Crippen LogP contribution in [0.15, 0.2) is 24.5 Å². The van der Waals surface area contributed by atoms with E-state index >= 15 is 0 Å². The molecule has 1 aliphatic carbocycles. The Morgan fingerprint density at radius 3 is 2.70 bits per heavy atom. The van der Waals surface area contributed by atoms with Crippen LogP contribution >= 0.6 is 0 Å². The molecule has 0 amide bonds. The van der Waals surface area contributed by atoms with Crippen LogP contribution in [-0.2, 0) is 6.42 Å². The van der Waals surface area contributed by atoms with Gasteiger partial charge >= 0.3 is 0 Å². The van der Waals surface area contributed by atoms with E-state index in [0.717, 1.165) is 25.4 Å². The van der Waals surface area contributed by atoms with Crippen molar-refractivity contribution in [2.45, 2.75) is 45.1 Å². The lowest BCUT2D eigenvalue weighted by Crippen LogP contribution is -2.45. The maximum atomic E-state index is 5.99. The summed E-state index contributed by atoms with van der Waals surface area (Å²) in [6, 6.07) is 4.90. The molecule has 1 aliphatic rings. The smallest absolute Gasteiger partial charge is 0.0270 e. The summed E-state index contributed by atoms with van der Waals surface area (Å²) in [6.45, 7) is 4.27. The summed E-state index contributed by atoms with van der Waals surface area (Å²) in [6.07, 6.45) is 10.2. The lowest BCUT2D eigenvalue weighted by Gasteiger charge is -2.41. The number of pyridine rings is 1. The molecular weight excluding hydrogens is 246 g/mol. The highest BCUT2D eigenvalue weighted by Crippen LogP contribution is 2.33. The minimum Gasteiger partial charge on any atom is -0.330 e. The fraction of sp³-hybridized carbons (Fsp3) is 0.706. The van der Waals surface area contributed by atoms with E-state index in [1.165, 1.54) is 31.2 Å². The first-order valence-electron chi connectivity index (χ1n) is 8.03. The van der Waals surface area contributed by atoms with Gasteiger partial charge in [0, 0.05) is 25.0 Å². The molecule has 3 atom stereocenters. The van der Waals surface area contributed by atoms with Crippen molar-refractivity contribution in [1.29, 1.82) is 0 Å². The van der Waals surface area contributed by atoms with Gasteiger partial charge in [0.2, 0.25) is 0 Å². The standard InChI is InChI=1S/C17H29N3/c1-3-14-4-5-16(13-18)17(12-14)20(2)11-8-15-6-9-19-10-7-15/h6-7,9-10,14,16-17H,3-5,8,11-13,18H2,1-2H3. The Labute approximate surface area is 123 Å². The zero-order chi connectivity index (χ0) is 14.4. The number of hydrogen-bond donors (Lipinski definition) is 1. The van der Waals surface area contributed by atoms with Crippen LogP contribution in [0.3, 0.4) is 0 Å². The summed E-state index contributed by atoms with van der Waals surface area (Å²) in [5.74, 6) is 1.58. The van der Waals surface area contributed by atoms with Crippen LogP contribution in [0.5, 0.6) is 0 Å². The normalized spacial score (nSPS) is 26.9. The first kappa shape index (κ1) is 15.5. The third kappa shape index (κ3) is 4.03. The average Bonchev–Trinajstić information content (AvgIpc) is 2.52. The third-order valence-electron chi connectivity index (χ3n) is 5.01. The predicted octanol–water partition coefficient (Wildman–Crippen LogP) is 2.71. The van der Waals surface area contributed by atoms with Gasteiger partial charge in [0.15, 0.2) is 0 Å². The molecule has 0 aliphatic heterocycles. The van der Waals surface area contributed by atoms with Gasteiger partial charge in [0.05, 0.1) is 0 Å². The second-order valence-corrected chi connectivity index (χ2v) is 6.24. The van der Waals surface area contributed by atoms with Crippen LogP contribution in [0.2, 0.25) is 0 Å². The van der Waals surface area contributed by atoms with Crippen LogP contribution in [0.1, 0.15) is 38.2 Å². The van der Waals surface area contributed by atoms with Crippen LogP contribution < -0.4 is 5.73 Å². The highest BCUT2D eigenvalue weighted by Gasteiger charge is 2.31. The Bertz CT molecular complexity index is 379. The van der Waals surface area contributed by atoms with Gasteiger partial charge in [-0.25, -0.2) is 0 Å². The maximum Gasteiger partial charge on any atom is 0.0270 e. The number of likely N-dealkylation sites (N-methyl/N-ethyl adjacent to an activating group) is 1. The summed E-state index contributed by atoms with van der Waals surface area (Å²) >= 11 is 0. The molecular formula is C17H29N3. The van der Waals surface area contributed by atoms with Gasteiger partial charge in [-0.05, 0) is 62.4 Å². The number of hydrogen-bond acceptors (Lipinski definition) is 3. The van der Waals surface area contributed by atoms with Crippen molar-refractivity contribution in [3.8, 4) is 0 Å². The Balaban J connectivity index is 1.90. The second-order valence-electron chi connectivity index (χ2n) is 6.24. The summed E-state index contributed by atoms with van der Waals surface area (Å²) in [5.41, 5.74) is 7.36. The molecule has 1 aromatic heterocycles. The minimum absolute atomic E-state index is 0.667. The number of aromatic nitrogens is 1. The van der Waals surface area contributed by atoms with Crippen molar-refractivity contribution < 1.29 is 0 Å². The number of nitrogens with zero attached hydrogens (tertiary/aromatic N) is 2. The van der Waals surface area contributed by atoms with Crippen LogP contribution in [0.4, 0.5) is 0 Å². The van der Waals surface area contributed by atoms with Crippen molar-refractivity contribution in [3.05, 3.63) is 30.1 Å². The fourth-order valence-corrected chi connectivity index (χ4v) is 3.50. The molecule has 0 saturated heterocycles. The van der Waals surface area contributed by atoms with Gasteiger partial charge in [-0.2, -0.15) is 0 Å². The molecule has 0 bridgehead atoms. The van der Waals surface area contributed by atoms with E-state index < -0.39 is 0 Å². The Morgan fingerprint density at radius 1 is 1.30 bits per heavy atom. The van der Waals surface area contributed by atoms with Crippen molar-refractivity contribution >= 4 is 0 Å². The zero-order valence-electron chi connectivity index (χ0n) is 13.0. The summed E-state index contributed by atoms with van der Waals surface area (Å²) in [7, 11) is 2.27. The van der Waals surface area contributed by atoms with Gasteiger partial charge in [-0.1, -0.05) is 19.8 Å². The van der Waals surface area contributed by atoms with E-state index in [0.29, 0.717) is 12.0 Å². The zero-order valence-corrected chi connectivity index (χ0v) is 13.0. The lowest BCUT2D eigenvalue weighted by atomic mass is 9.76. The molecule has 2 rings (SSSR count). The highest BCUT2D eigenvalue weighted by atomic mass is 15.1. The van der Waals surface area contributed by atoms with Gasteiger partial charge in [-0.15, -0.1) is 0 Å². The molecule has 112 valence electrons. The average molecular weight is 275 g/mol. The first-order valence-corrected chi connectivity index (χ1v) is 8.03. The molecule has 3 heteroatoms. The molecule has 1 heterocycles. The molecule has 1 fully saturated rings. The molecule has 1 aromatic rings. The highest BCUT2D eigenvalue weighted by molar-refractivity contribution is 5.10. The van der Waals surface area contributed by atoms with Crippen molar-refractivity contribution in [1.82, 2.24) is 9.88 Å². The largest absolute Gasteiger partial charge is 0.330 e. The van der Waals surface area contributed by atoms with Gasteiger partial charge in [0.1, 0.15) is 0 Å². The molecule has 1 saturated carbocycles. The van der Waals surface area contributed by atoms with Gasteiger partial charge < -0.3 is 10.6 Å². The van der Waals surface area contributed by atoms with E-state index in [9.17, 15) is 0 Å². The second kappa shape index (κ2) is 7.75. The van der Waals surface area contributed by atoms with E-state index in [-0.39, 0.29) is 0 Å². The number of rotatable bonds is 6. The minimum atomic E-state index is 0.667. The van der Waals surface area contributed by atoms with Gasteiger partial charge in [0.25, 0.3) is 0 Å². The van der Waals surface area contributed by atoms with Crippen molar-refractivity contribution in [2.24, 2.45) is 17.6 Å². The monoisotopic (exact) mass is 275 g/mol. The quantitative estimate of drug-likeness (QED) is 0.868. The van der Waals surface area contributed by atoms with E-state index in [4.69, 9.17) is 5.73 Å². The van der Waals surface area contributed by atoms with Crippen molar-refractivity contribution in [2.75, 3.05) is 20.1 Å². The van der Waals surface area contributed by atoms with E-state index in [2.05, 4.69) is 36.0 Å². The molecule has 0 aromatic carbocycles. The molecule has 0 radical (unpaired) electrons. The van der Waals surface area contributed by atoms with E-state index in [1.54, 1.807) is 0 Å². The molecule has 0 spiro atoms. The molecule has 20 heavy (non-hydrogen) atoms. The van der Waals surface area contributed by atoms with Crippen LogP contribution in [0, 0.1) is 11.8 Å². The Hall–Kier alpha value is -0.930. The maximum absolute atomic E-state index is 5.99. The topological polar surface area (TPSA) is 42.1 Å². The predicted molar refractivity (Wildman–Crippen MR) is 84.5 cm³/mol. The van der Waals surface area contributed by atoms with E-state index in [1.807, 2.05) is 12.4 Å². The Kier molecular flexibility index (Phi) is 5.99. The molecule has 3 nitrogen and oxygen atoms in total. The summed E-state index contributed by atoms with van der Waals surface area (Å²) in [5, 5.41) is 0. The van der Waals surface area contributed by atoms with Crippen molar-refractivity contribution in [3.63, 3.8) is 0 Å². The molecule has 2 N–H and O–H groups in total. The summed E-state index contributed by atoms with van der Waals surface area (Å²) < 4.78 is 0. The summed E-state index contributed by atoms with van der Waals surface area (Å²) in [4.78, 5) is 6.62. The SMILES string of the molecule is CCC1CCC(CN)C(N(C)CCc2ccncc2)C1. The van der Waals surface area contributed by atoms with Crippen LogP contribution in [0.25, 0.3) is 0 Å². The fourth-order valence-electron chi connectivity index (χ4n) is 3.50. The number of nitrogens with two attached hydrogens (primary N) is 1. The first-order chi connectivity index (χ1) is 9.74. The third-order valence-corrected chi connectivity index (χ3v) is 5.01. The lowest BCUT2D eigenvalue weighted by molar-refractivity contribution is 0.103. The van der Waals surface area contributed by atoms with Gasteiger partial charge in [-0.3, -0.25) is 4.98 Å². The Morgan fingerprint density at radius 2 is 2.05 bits per heavy atom. The molecule has 3 unspecified atom stereocenters.